The van der Waals surface area contributed by atoms with Crippen molar-refractivity contribution in [2.24, 2.45) is 18.9 Å². The highest BCUT2D eigenvalue weighted by Crippen LogP contribution is 2.46. The fourth-order valence-corrected chi connectivity index (χ4v) is 4.78. The number of nitrogens with one attached hydrogen (secondary N) is 1. The molecule has 4 rings (SSSR count). The summed E-state index contributed by atoms with van der Waals surface area (Å²) in [6, 6.07) is 10.5. The maximum atomic E-state index is 13.8. The SMILES string of the molecule is C[C@H]([C@H](CNc1cc([C@@H](CC(=O)O)C2CC2)ccc1Cl)c1ccc2c(cnn2C)c1)C(F)(F)F. The zero-order valence-electron chi connectivity index (χ0n) is 18.9. The molecule has 3 aromatic rings. The van der Waals surface area contributed by atoms with Crippen molar-refractivity contribution in [3.63, 3.8) is 0 Å². The summed E-state index contributed by atoms with van der Waals surface area (Å²) in [4.78, 5) is 11.3. The van der Waals surface area contributed by atoms with Crippen LogP contribution < -0.4 is 5.32 Å². The Hall–Kier alpha value is -2.74. The highest BCUT2D eigenvalue weighted by molar-refractivity contribution is 6.33. The van der Waals surface area contributed by atoms with Gasteiger partial charge in [0.15, 0.2) is 0 Å². The van der Waals surface area contributed by atoms with Crippen LogP contribution in [0.3, 0.4) is 0 Å². The number of carbonyl (C=O) groups is 1. The van der Waals surface area contributed by atoms with Crippen LogP contribution in [0.25, 0.3) is 10.9 Å². The quantitative estimate of drug-likeness (QED) is 0.353. The average molecular weight is 494 g/mol. The predicted octanol–water partition coefficient (Wildman–Crippen LogP) is 6.59. The molecular weight excluding hydrogens is 467 g/mol. The van der Waals surface area contributed by atoms with Crippen molar-refractivity contribution in [2.45, 2.75) is 44.2 Å². The number of aryl methyl sites for hydroxylation is 1. The minimum Gasteiger partial charge on any atom is -0.481 e. The van der Waals surface area contributed by atoms with Crippen LogP contribution >= 0.6 is 11.6 Å². The Labute approximate surface area is 200 Å². The number of carboxylic acids is 1. The lowest BCUT2D eigenvalue weighted by molar-refractivity contribution is -0.174. The summed E-state index contributed by atoms with van der Waals surface area (Å²) in [5, 5.41) is 17.8. The molecule has 1 aliphatic carbocycles. The highest BCUT2D eigenvalue weighted by atomic mass is 35.5. The third-order valence-corrected chi connectivity index (χ3v) is 7.16. The van der Waals surface area contributed by atoms with Crippen LogP contribution in [-0.2, 0) is 11.8 Å². The van der Waals surface area contributed by atoms with E-state index in [0.717, 1.165) is 29.3 Å². The first kappa shape index (κ1) is 24.4. The van der Waals surface area contributed by atoms with Crippen LogP contribution in [0.2, 0.25) is 5.02 Å². The molecule has 1 aliphatic rings. The molecule has 34 heavy (non-hydrogen) atoms. The van der Waals surface area contributed by atoms with E-state index in [9.17, 15) is 23.1 Å². The summed E-state index contributed by atoms with van der Waals surface area (Å²) in [5.74, 6) is -3.14. The smallest absolute Gasteiger partial charge is 0.392 e. The van der Waals surface area contributed by atoms with Gasteiger partial charge in [-0.1, -0.05) is 30.7 Å². The van der Waals surface area contributed by atoms with Gasteiger partial charge in [0.1, 0.15) is 0 Å². The number of rotatable bonds is 9. The second kappa shape index (κ2) is 9.49. The van der Waals surface area contributed by atoms with Gasteiger partial charge in [0.05, 0.1) is 34.8 Å². The van der Waals surface area contributed by atoms with Crippen molar-refractivity contribution in [3.8, 4) is 0 Å². The Morgan fingerprint density at radius 2 is 1.94 bits per heavy atom. The van der Waals surface area contributed by atoms with E-state index in [1.807, 2.05) is 6.07 Å². The number of nitrogens with zero attached hydrogens (tertiary/aromatic N) is 2. The van der Waals surface area contributed by atoms with E-state index < -0.39 is 24.0 Å². The molecule has 9 heteroatoms. The van der Waals surface area contributed by atoms with Crippen LogP contribution in [0.5, 0.6) is 0 Å². The molecule has 0 saturated heterocycles. The molecule has 0 amide bonds. The summed E-state index contributed by atoms with van der Waals surface area (Å²) >= 11 is 6.37. The number of carboxylic acid groups (broad SMARTS) is 1. The fourth-order valence-electron chi connectivity index (χ4n) is 4.60. The summed E-state index contributed by atoms with van der Waals surface area (Å²) in [7, 11) is 1.79. The first-order valence-electron chi connectivity index (χ1n) is 11.3. The Balaban J connectivity index is 1.61. The highest BCUT2D eigenvalue weighted by Gasteiger charge is 2.42. The third-order valence-electron chi connectivity index (χ3n) is 6.83. The predicted molar refractivity (Wildman–Crippen MR) is 126 cm³/mol. The van der Waals surface area contributed by atoms with Gasteiger partial charge in [-0.05, 0) is 60.1 Å². The third kappa shape index (κ3) is 5.32. The minimum atomic E-state index is -4.37. The molecule has 3 atom stereocenters. The Morgan fingerprint density at radius 3 is 2.59 bits per heavy atom. The van der Waals surface area contributed by atoms with Gasteiger partial charge in [0, 0.05) is 24.9 Å². The maximum Gasteiger partial charge on any atom is 0.392 e. The summed E-state index contributed by atoms with van der Waals surface area (Å²) in [6.07, 6.45) is -0.760. The first-order valence-corrected chi connectivity index (χ1v) is 11.7. The van der Waals surface area contributed by atoms with Crippen LogP contribution in [-0.4, -0.2) is 33.6 Å². The van der Waals surface area contributed by atoms with E-state index in [4.69, 9.17) is 11.6 Å². The van der Waals surface area contributed by atoms with Gasteiger partial charge >= 0.3 is 12.1 Å². The average Bonchev–Trinajstić information content (AvgIpc) is 3.55. The summed E-state index contributed by atoms with van der Waals surface area (Å²) in [6.45, 7) is 1.20. The van der Waals surface area contributed by atoms with Gasteiger partial charge in [0.2, 0.25) is 0 Å². The number of fused-ring (bicyclic) bond motifs is 1. The van der Waals surface area contributed by atoms with Crippen molar-refractivity contribution < 1.29 is 23.1 Å². The molecule has 2 N–H and O–H groups in total. The maximum absolute atomic E-state index is 13.8. The molecule has 1 heterocycles. The number of halogens is 4. The lowest BCUT2D eigenvalue weighted by Gasteiger charge is -2.28. The topological polar surface area (TPSA) is 67.2 Å². The van der Waals surface area contributed by atoms with E-state index >= 15 is 0 Å². The largest absolute Gasteiger partial charge is 0.481 e. The molecule has 0 aliphatic heterocycles. The number of hydrogen-bond donors (Lipinski definition) is 2. The molecular formula is C25H27ClF3N3O2. The fraction of sp³-hybridized carbons (Fsp3) is 0.440. The van der Waals surface area contributed by atoms with E-state index in [-0.39, 0.29) is 18.9 Å². The van der Waals surface area contributed by atoms with Crippen LogP contribution in [0.4, 0.5) is 18.9 Å². The van der Waals surface area contributed by atoms with Crippen molar-refractivity contribution in [1.29, 1.82) is 0 Å². The standard InChI is InChI=1S/C25H27ClF3N3O2/c1-14(25(27,28)29)20(16-6-8-23-18(9-16)12-31-32(23)2)13-30-22-10-17(5-7-21(22)26)19(11-24(33)34)15-3-4-15/h5-10,12,14-15,19-20,30H,3-4,11,13H2,1-2H3,(H,33,34)/t14-,19+,20+/m1/s1. The second-order valence-corrected chi connectivity index (χ2v) is 9.59. The van der Waals surface area contributed by atoms with E-state index in [0.29, 0.717) is 22.2 Å². The number of alkyl halides is 3. The second-order valence-electron chi connectivity index (χ2n) is 9.19. The van der Waals surface area contributed by atoms with Crippen molar-refractivity contribution in [2.75, 3.05) is 11.9 Å². The zero-order chi connectivity index (χ0) is 24.6. The molecule has 2 aromatic carbocycles. The number of hydrogen-bond acceptors (Lipinski definition) is 3. The molecule has 0 bridgehead atoms. The Bertz CT molecular complexity index is 1190. The van der Waals surface area contributed by atoms with Crippen molar-refractivity contribution in [3.05, 3.63) is 58.7 Å². The molecule has 0 spiro atoms. The summed E-state index contributed by atoms with van der Waals surface area (Å²) < 4.78 is 43.0. The number of aliphatic carboxylic acids is 1. The van der Waals surface area contributed by atoms with Gasteiger partial charge in [-0.2, -0.15) is 18.3 Å². The molecule has 1 fully saturated rings. The number of benzene rings is 2. The molecule has 1 saturated carbocycles. The van der Waals surface area contributed by atoms with E-state index in [1.54, 1.807) is 48.3 Å². The normalized spacial score (nSPS) is 16.9. The van der Waals surface area contributed by atoms with Crippen molar-refractivity contribution in [1.82, 2.24) is 9.78 Å². The molecule has 5 nitrogen and oxygen atoms in total. The van der Waals surface area contributed by atoms with E-state index in [1.165, 1.54) is 6.92 Å². The lowest BCUT2D eigenvalue weighted by atomic mass is 9.86. The van der Waals surface area contributed by atoms with Gasteiger partial charge < -0.3 is 10.4 Å². The molecule has 1 aromatic heterocycles. The van der Waals surface area contributed by atoms with Crippen LogP contribution in [0, 0.1) is 11.8 Å². The van der Waals surface area contributed by atoms with Crippen LogP contribution in [0.1, 0.15) is 49.1 Å². The monoisotopic (exact) mass is 493 g/mol. The Morgan fingerprint density at radius 1 is 1.24 bits per heavy atom. The zero-order valence-corrected chi connectivity index (χ0v) is 19.7. The first-order chi connectivity index (χ1) is 16.0. The van der Waals surface area contributed by atoms with Gasteiger partial charge in [-0.15, -0.1) is 0 Å². The molecule has 0 unspecified atom stereocenters. The van der Waals surface area contributed by atoms with Crippen LogP contribution in [0.15, 0.2) is 42.6 Å². The Kier molecular flexibility index (Phi) is 6.80. The number of aromatic nitrogens is 2. The molecule has 182 valence electrons. The van der Waals surface area contributed by atoms with Gasteiger partial charge in [-0.3, -0.25) is 9.48 Å². The minimum absolute atomic E-state index is 0.0165. The van der Waals surface area contributed by atoms with Crippen molar-refractivity contribution >= 4 is 34.2 Å². The van der Waals surface area contributed by atoms with Gasteiger partial charge in [-0.25, -0.2) is 0 Å². The number of anilines is 1. The summed E-state index contributed by atoms with van der Waals surface area (Å²) in [5.41, 5.74) is 2.76. The lowest BCUT2D eigenvalue weighted by Crippen LogP contribution is -2.30. The van der Waals surface area contributed by atoms with E-state index in [2.05, 4.69) is 10.4 Å². The van der Waals surface area contributed by atoms with Gasteiger partial charge in [0.25, 0.3) is 0 Å². The molecule has 0 radical (unpaired) electrons.